The van der Waals surface area contributed by atoms with Crippen molar-refractivity contribution in [1.29, 1.82) is 0 Å². The third kappa shape index (κ3) is 37.5. The number of carbonyl (C=O) groups is 12. The number of hydrogen-bond donors (Lipinski definition) is 0. The largest absolute Gasteiger partial charge is 0.297 e. The van der Waals surface area contributed by atoms with E-state index < -0.39 is 0 Å². The lowest BCUT2D eigenvalue weighted by Crippen LogP contribution is -1.91. The number of benzene rings is 8. The molecular weight excluding hydrogens is 1390 g/mol. The summed E-state index contributed by atoms with van der Waals surface area (Å²) in [6, 6.07) is 48.6. The minimum absolute atomic E-state index is 0.431. The molecule has 0 saturated carbocycles. The highest BCUT2D eigenvalue weighted by Crippen LogP contribution is 2.34. The van der Waals surface area contributed by atoms with Crippen LogP contribution in [0.3, 0.4) is 0 Å². The Hall–Kier alpha value is -13.6. The first-order valence-electron chi connectivity index (χ1n) is 33.2. The first-order valence-corrected chi connectivity index (χ1v) is 33.6. The monoisotopic (exact) mass is 1470 g/mol. The van der Waals surface area contributed by atoms with Crippen LogP contribution in [0.1, 0.15) is 77.5 Å². The van der Waals surface area contributed by atoms with Gasteiger partial charge in [-0.15, -0.1) is 0 Å². The van der Waals surface area contributed by atoms with Crippen molar-refractivity contribution in [3.8, 4) is 0 Å². The zero-order chi connectivity index (χ0) is 78.5. The fourth-order valence-corrected chi connectivity index (χ4v) is 9.58. The summed E-state index contributed by atoms with van der Waals surface area (Å²) in [5, 5.41) is 2.20. The Morgan fingerprint density at radius 1 is 0.250 bits per heavy atom. The summed E-state index contributed by atoms with van der Waals surface area (Å²) in [4.78, 5) is 169. The second-order valence-electron chi connectivity index (χ2n) is 21.8. The van der Waals surface area contributed by atoms with Gasteiger partial charge in [-0.2, -0.15) is 0 Å². The SMILES string of the molecule is Cc1cc(Cc2ccc(N=CC=O)c(C)c2)ccc1N=CC=O.Cc1cc(Cl)c(N=CC=O)cc1N=CC=O.O=CC=NCCCCCCCCN=CC=O.O=CC=Nc1ccc(Cc2ccc(N=CC=O)cc2)cc1.O=CC=Nc1ccc(N=CC=O)cc1.O=CC=Nc1cccc2c(N=CC=O)cccc12. The molecule has 0 N–H and O–H groups in total. The van der Waals surface area contributed by atoms with E-state index in [1.807, 2.05) is 130 Å². The topological polar surface area (TPSA) is 353 Å². The van der Waals surface area contributed by atoms with Crippen molar-refractivity contribution in [2.45, 2.75) is 72.1 Å². The standard InChI is InChI=1S/C19H18N2O2.C17H14N2O2.C14H10N2O2.C12H20N2O2.C11H9ClN2O2.C10H8N2O2/c1-14-11-16(3-5-18(14)20-7-9-22)13-17-4-6-19(15(2)12-17)21-8-10-23;20-11-9-18-16-5-1-14(2-6-16)13-15-3-7-17(8-4-15)19-10-12-21;17-9-7-15-13-5-1-3-11-12(13)4-2-6-14(11)16-8-10-18;15-11-9-13-7-5-3-1-2-4-6-8-14-10-12-16;1-8-6-9(12)11(14-3-5-16)7-10(8)13-2-4-15;13-7-5-11-9-1-2-10(4-3-9)12-6-8-14/h3-12H,13H2,1-2H3;1-12H,13H2;1-10H;9-12H,1-8H2;2-7H,1H3;1-8H. The van der Waals surface area contributed by atoms with E-state index in [1.54, 1.807) is 36.4 Å². The van der Waals surface area contributed by atoms with Gasteiger partial charge in [-0.05, 0) is 170 Å². The number of carbonyl (C=O) groups excluding carboxylic acids is 12. The van der Waals surface area contributed by atoms with Gasteiger partial charge < -0.3 is 0 Å². The Kier molecular flexibility index (Phi) is 46.7. The summed E-state index contributed by atoms with van der Waals surface area (Å²) >= 11 is 5.92. The van der Waals surface area contributed by atoms with Crippen LogP contribution in [0.25, 0.3) is 10.8 Å². The van der Waals surface area contributed by atoms with E-state index >= 15 is 0 Å². The van der Waals surface area contributed by atoms with Crippen LogP contribution in [0, 0.1) is 20.8 Å². The normalized spacial score (nSPS) is 11.1. The van der Waals surface area contributed by atoms with E-state index in [-0.39, 0.29) is 0 Å². The van der Waals surface area contributed by atoms with E-state index in [1.165, 1.54) is 86.1 Å². The molecule has 0 heterocycles. The summed E-state index contributed by atoms with van der Waals surface area (Å²) < 4.78 is 0. The number of halogens is 1. The molecule has 108 heavy (non-hydrogen) atoms. The number of aliphatic imine (C=N–C) groups is 12. The van der Waals surface area contributed by atoms with Crippen LogP contribution in [-0.2, 0) is 70.4 Å². The van der Waals surface area contributed by atoms with Gasteiger partial charge in [-0.1, -0.05) is 110 Å². The molecule has 0 radical (unpaired) electrons. The van der Waals surface area contributed by atoms with Crippen LogP contribution in [0.4, 0.5) is 56.9 Å². The number of aryl methyl sites for hydroxylation is 3. The Morgan fingerprint density at radius 2 is 0.519 bits per heavy atom. The van der Waals surface area contributed by atoms with Gasteiger partial charge in [0.05, 0.1) is 136 Å². The molecule has 0 aliphatic rings. The second-order valence-corrected chi connectivity index (χ2v) is 22.2. The lowest BCUT2D eigenvalue weighted by Gasteiger charge is -2.07. The molecule has 0 spiro atoms. The molecule has 0 saturated heterocycles. The zero-order valence-corrected chi connectivity index (χ0v) is 60.3. The molecule has 8 aromatic carbocycles. The first-order chi connectivity index (χ1) is 52.8. The maximum atomic E-state index is 10.3. The van der Waals surface area contributed by atoms with Crippen molar-refractivity contribution in [1.82, 2.24) is 0 Å². The molecule has 8 rings (SSSR count). The molecule has 0 bridgehead atoms. The highest BCUT2D eigenvalue weighted by molar-refractivity contribution is 6.33. The van der Waals surface area contributed by atoms with Crippen LogP contribution < -0.4 is 0 Å². The maximum Gasteiger partial charge on any atom is 0.161 e. The van der Waals surface area contributed by atoms with Crippen LogP contribution in [-0.4, -0.2) is 163 Å². The van der Waals surface area contributed by atoms with Crippen molar-refractivity contribution < 1.29 is 57.5 Å². The smallest absolute Gasteiger partial charge is 0.161 e. The average molecular weight is 1470 g/mol. The van der Waals surface area contributed by atoms with Gasteiger partial charge in [0.1, 0.15) is 0 Å². The summed E-state index contributed by atoms with van der Waals surface area (Å²) in [5.74, 6) is 0. The minimum Gasteiger partial charge on any atom is -0.297 e. The summed E-state index contributed by atoms with van der Waals surface area (Å²) in [7, 11) is 0. The van der Waals surface area contributed by atoms with Crippen LogP contribution in [0.2, 0.25) is 5.02 Å². The fourth-order valence-electron chi connectivity index (χ4n) is 9.31. The molecule has 0 fully saturated rings. The third-order valence-corrected chi connectivity index (χ3v) is 14.4. The summed E-state index contributed by atoms with van der Waals surface area (Å²) in [5.41, 5.74) is 14.4. The number of rotatable bonds is 35. The molecule has 0 atom stereocenters. The number of nitrogens with zero attached hydrogens (tertiary/aromatic N) is 12. The molecular formula is C83H79ClN12O12. The average Bonchev–Trinajstić information content (AvgIpc) is 0.807. The highest BCUT2D eigenvalue weighted by Gasteiger charge is 2.07. The quantitative estimate of drug-likeness (QED) is 0.0203. The molecule has 0 aromatic heterocycles. The molecule has 0 aliphatic heterocycles. The maximum absolute atomic E-state index is 10.3. The summed E-state index contributed by atoms with van der Waals surface area (Å²) in [6.45, 7) is 7.27. The molecule has 0 amide bonds. The van der Waals surface area contributed by atoms with Gasteiger partial charge in [0.2, 0.25) is 0 Å². The van der Waals surface area contributed by atoms with Crippen LogP contribution in [0.5, 0.6) is 0 Å². The van der Waals surface area contributed by atoms with Crippen molar-refractivity contribution in [2.75, 3.05) is 13.1 Å². The van der Waals surface area contributed by atoms with Gasteiger partial charge in [-0.3, -0.25) is 117 Å². The van der Waals surface area contributed by atoms with Gasteiger partial charge in [0.15, 0.2) is 75.4 Å². The molecule has 25 heteroatoms. The van der Waals surface area contributed by atoms with E-state index in [0.717, 1.165) is 125 Å². The van der Waals surface area contributed by atoms with Crippen LogP contribution >= 0.6 is 11.6 Å². The zero-order valence-electron chi connectivity index (χ0n) is 59.6. The van der Waals surface area contributed by atoms with E-state index in [0.29, 0.717) is 115 Å². The highest BCUT2D eigenvalue weighted by atomic mass is 35.5. The van der Waals surface area contributed by atoms with Gasteiger partial charge in [0.25, 0.3) is 0 Å². The molecule has 0 aliphatic carbocycles. The van der Waals surface area contributed by atoms with Crippen LogP contribution in [0.15, 0.2) is 218 Å². The van der Waals surface area contributed by atoms with E-state index in [2.05, 4.69) is 72.0 Å². The minimum atomic E-state index is 0.431. The fraction of sp³-hybridized carbons (Fsp3) is 0.157. The van der Waals surface area contributed by atoms with Crippen molar-refractivity contribution in [3.63, 3.8) is 0 Å². The van der Waals surface area contributed by atoms with E-state index in [4.69, 9.17) is 11.6 Å². The summed E-state index contributed by atoms with van der Waals surface area (Å²) in [6.07, 6.45) is 30.7. The van der Waals surface area contributed by atoms with E-state index in [9.17, 15) is 57.5 Å². The Morgan fingerprint density at radius 3 is 0.852 bits per heavy atom. The third-order valence-electron chi connectivity index (χ3n) is 14.1. The second kappa shape index (κ2) is 56.9. The number of unbranched alkanes of at least 4 members (excludes halogenated alkanes) is 5. The van der Waals surface area contributed by atoms with Crippen molar-refractivity contribution in [2.24, 2.45) is 59.9 Å². The van der Waals surface area contributed by atoms with Gasteiger partial charge >= 0.3 is 0 Å². The predicted molar refractivity (Wildman–Crippen MR) is 436 cm³/mol. The Bertz CT molecular complexity index is 4320. The lowest BCUT2D eigenvalue weighted by molar-refractivity contribution is -0.103. The molecule has 0 unspecified atom stereocenters. The number of hydrogen-bond acceptors (Lipinski definition) is 24. The molecule has 550 valence electrons. The van der Waals surface area contributed by atoms with Gasteiger partial charge in [-0.25, -0.2) is 0 Å². The molecule has 8 aromatic rings. The Labute approximate surface area is 630 Å². The number of fused-ring (bicyclic) bond motifs is 1. The first kappa shape index (κ1) is 88.6. The number of aldehydes is 12. The predicted octanol–water partition coefficient (Wildman–Crippen LogP) is 15.2. The lowest BCUT2D eigenvalue weighted by atomic mass is 10.0. The van der Waals surface area contributed by atoms with Gasteiger partial charge in [0, 0.05) is 23.9 Å². The Balaban J connectivity index is 0.000000339. The van der Waals surface area contributed by atoms with Crippen molar-refractivity contribution >= 4 is 229 Å². The molecule has 24 nitrogen and oxygen atoms in total. The van der Waals surface area contributed by atoms with Crippen molar-refractivity contribution in [3.05, 3.63) is 202 Å².